The van der Waals surface area contributed by atoms with Crippen molar-refractivity contribution in [3.8, 4) is 5.75 Å². The highest BCUT2D eigenvalue weighted by Crippen LogP contribution is 2.24. The van der Waals surface area contributed by atoms with Crippen molar-refractivity contribution in [1.29, 1.82) is 0 Å². The molecule has 0 saturated carbocycles. The molecule has 0 bridgehead atoms. The second-order valence-electron chi connectivity index (χ2n) is 6.33. The van der Waals surface area contributed by atoms with Crippen molar-refractivity contribution in [2.45, 2.75) is 12.7 Å². The molecule has 7 nitrogen and oxygen atoms in total. The molecule has 0 aliphatic carbocycles. The van der Waals surface area contributed by atoms with E-state index in [2.05, 4.69) is 15.8 Å². The number of H-pyrrole nitrogens is 1. The number of amides is 2. The molecule has 0 saturated heterocycles. The zero-order chi connectivity index (χ0) is 20.8. The normalized spacial score (nSPS) is 10.6. The molecular weight excluding hydrogens is 390 g/mol. The van der Waals surface area contributed by atoms with E-state index in [-0.39, 0.29) is 17.4 Å². The molecule has 0 aliphatic rings. The van der Waals surface area contributed by atoms with Crippen molar-refractivity contribution in [1.82, 2.24) is 15.8 Å². The quantitative estimate of drug-likeness (QED) is 0.410. The second kappa shape index (κ2) is 9.29. The maximum absolute atomic E-state index is 12.3. The van der Waals surface area contributed by atoms with Crippen LogP contribution in [0.3, 0.4) is 0 Å². The average Bonchev–Trinajstić information content (AvgIpc) is 3.16. The number of hydrogen-bond acceptors (Lipinski definition) is 5. The zero-order valence-corrected chi connectivity index (χ0v) is 16.9. The number of aromatic nitrogens is 1. The molecule has 3 rings (SSSR count). The third-order valence-corrected chi connectivity index (χ3v) is 5.31. The van der Waals surface area contributed by atoms with Gasteiger partial charge in [0.15, 0.2) is 5.78 Å². The molecular formula is C21H21N3O4S. The molecule has 2 amide bonds. The minimum atomic E-state index is -0.392. The number of nitrogens with one attached hydrogen (secondary N) is 3. The second-order valence-corrected chi connectivity index (χ2v) is 7.31. The summed E-state index contributed by atoms with van der Waals surface area (Å²) in [6, 6.07) is 12.6. The van der Waals surface area contributed by atoms with Gasteiger partial charge >= 0.3 is 0 Å². The highest BCUT2D eigenvalue weighted by molar-refractivity contribution is 7.99. The lowest BCUT2D eigenvalue weighted by Crippen LogP contribution is -2.42. The van der Waals surface area contributed by atoms with Crippen LogP contribution in [0.1, 0.15) is 33.2 Å². The number of ether oxygens (including phenoxy) is 1. The van der Waals surface area contributed by atoms with E-state index in [0.29, 0.717) is 22.6 Å². The molecule has 0 atom stereocenters. The lowest BCUT2D eigenvalue weighted by molar-refractivity contribution is -0.119. The van der Waals surface area contributed by atoms with Gasteiger partial charge < -0.3 is 9.72 Å². The average molecular weight is 411 g/mol. The van der Waals surface area contributed by atoms with Gasteiger partial charge in [0, 0.05) is 34.0 Å². The number of benzene rings is 2. The number of Topliss-reactive ketones (excluding diaryl/α,β-unsaturated/α-hetero) is 1. The minimum Gasteiger partial charge on any atom is -0.496 e. The van der Waals surface area contributed by atoms with E-state index >= 15 is 0 Å². The molecule has 3 N–H and O–H groups in total. The number of methoxy groups -OCH3 is 1. The van der Waals surface area contributed by atoms with E-state index in [4.69, 9.17) is 4.74 Å². The highest BCUT2D eigenvalue weighted by Gasteiger charge is 2.13. The third-order valence-electron chi connectivity index (χ3n) is 4.33. The number of carbonyl (C=O) groups excluding carboxylic acids is 3. The molecule has 0 fully saturated rings. The molecule has 2 aromatic carbocycles. The number of carbonyl (C=O) groups is 3. The fraction of sp³-hybridized carbons (Fsp3) is 0.190. The first kappa shape index (κ1) is 20.5. The summed E-state index contributed by atoms with van der Waals surface area (Å²) in [7, 11) is 1.56. The van der Waals surface area contributed by atoms with Gasteiger partial charge in [0.2, 0.25) is 5.91 Å². The van der Waals surface area contributed by atoms with Crippen molar-refractivity contribution < 1.29 is 19.1 Å². The Kier molecular flexibility index (Phi) is 6.56. The number of rotatable bonds is 7. The van der Waals surface area contributed by atoms with Gasteiger partial charge in [-0.3, -0.25) is 25.2 Å². The summed E-state index contributed by atoms with van der Waals surface area (Å²) in [6.07, 6.45) is 1.61. The van der Waals surface area contributed by atoms with Gasteiger partial charge in [-0.25, -0.2) is 0 Å². The maximum Gasteiger partial charge on any atom is 0.271 e. The Bertz CT molecular complexity index is 1060. The molecule has 0 spiro atoms. The number of thioether (sulfide) groups is 1. The molecule has 0 unspecified atom stereocenters. The van der Waals surface area contributed by atoms with Crippen LogP contribution in [0.4, 0.5) is 0 Å². The fourth-order valence-electron chi connectivity index (χ4n) is 2.85. The topological polar surface area (TPSA) is 100 Å². The number of aromatic amines is 1. The van der Waals surface area contributed by atoms with Crippen LogP contribution in [0.5, 0.6) is 5.75 Å². The van der Waals surface area contributed by atoms with Gasteiger partial charge in [-0.15, -0.1) is 11.8 Å². The predicted octanol–water partition coefficient (Wildman–Crippen LogP) is 3.07. The van der Waals surface area contributed by atoms with E-state index < -0.39 is 5.91 Å². The van der Waals surface area contributed by atoms with E-state index in [0.717, 1.165) is 16.5 Å². The highest BCUT2D eigenvalue weighted by atomic mass is 32.2. The minimum absolute atomic E-state index is 0.0309. The molecule has 29 heavy (non-hydrogen) atoms. The first-order valence-electron chi connectivity index (χ1n) is 8.90. The van der Waals surface area contributed by atoms with E-state index in [9.17, 15) is 14.4 Å². The summed E-state index contributed by atoms with van der Waals surface area (Å²) in [5, 5.41) is 0.783. The van der Waals surface area contributed by atoms with Gasteiger partial charge in [0.1, 0.15) is 5.75 Å². The number of para-hydroxylation sites is 1. The Labute approximate surface area is 172 Å². The van der Waals surface area contributed by atoms with Gasteiger partial charge in [-0.05, 0) is 31.2 Å². The monoisotopic (exact) mass is 411 g/mol. The number of fused-ring (bicyclic) bond motifs is 1. The lowest BCUT2D eigenvalue weighted by Gasteiger charge is -2.10. The molecule has 0 aliphatic heterocycles. The standard InChI is InChI=1S/C21H21N3O4S/c1-13(25)14-7-8-19(28-2)15(9-14)11-29-12-20(26)23-24-21(27)17-10-22-18-6-4-3-5-16(17)18/h3-10,22H,11-12H2,1-2H3,(H,23,26)(H,24,27). The van der Waals surface area contributed by atoms with Gasteiger partial charge in [0.25, 0.3) is 5.91 Å². The van der Waals surface area contributed by atoms with Crippen LogP contribution in [-0.2, 0) is 10.5 Å². The molecule has 0 radical (unpaired) electrons. The summed E-state index contributed by atoms with van der Waals surface area (Å²) < 4.78 is 5.31. The maximum atomic E-state index is 12.3. The summed E-state index contributed by atoms with van der Waals surface area (Å²) in [6.45, 7) is 1.50. The SMILES string of the molecule is COc1ccc(C(C)=O)cc1CSCC(=O)NNC(=O)c1c[nH]c2ccccc12. The summed E-state index contributed by atoms with van der Waals surface area (Å²) in [4.78, 5) is 38.9. The largest absolute Gasteiger partial charge is 0.496 e. The van der Waals surface area contributed by atoms with Crippen molar-refractivity contribution in [3.63, 3.8) is 0 Å². The van der Waals surface area contributed by atoms with Crippen LogP contribution >= 0.6 is 11.8 Å². The molecule has 3 aromatic rings. The van der Waals surface area contributed by atoms with E-state index in [1.54, 1.807) is 31.5 Å². The summed E-state index contributed by atoms with van der Waals surface area (Å²) in [5.41, 5.74) is 7.59. The fourth-order valence-corrected chi connectivity index (χ4v) is 3.66. The van der Waals surface area contributed by atoms with Crippen molar-refractivity contribution in [3.05, 3.63) is 65.4 Å². The third kappa shape index (κ3) is 4.97. The summed E-state index contributed by atoms with van der Waals surface area (Å²) >= 11 is 1.36. The van der Waals surface area contributed by atoms with Gasteiger partial charge in [-0.1, -0.05) is 18.2 Å². The summed E-state index contributed by atoms with van der Waals surface area (Å²) in [5.74, 6) is 0.545. The van der Waals surface area contributed by atoms with Gasteiger partial charge in [-0.2, -0.15) is 0 Å². The Morgan fingerprint density at radius 2 is 1.90 bits per heavy atom. The van der Waals surface area contributed by atoms with Crippen molar-refractivity contribution >= 4 is 40.3 Å². The van der Waals surface area contributed by atoms with Crippen LogP contribution in [0.25, 0.3) is 10.9 Å². The van der Waals surface area contributed by atoms with Crippen LogP contribution in [-0.4, -0.2) is 35.4 Å². The number of hydrogen-bond donors (Lipinski definition) is 3. The molecule has 1 heterocycles. The Balaban J connectivity index is 1.51. The van der Waals surface area contributed by atoms with Crippen molar-refractivity contribution in [2.24, 2.45) is 0 Å². The Morgan fingerprint density at radius 1 is 1.10 bits per heavy atom. The lowest BCUT2D eigenvalue weighted by atomic mass is 10.1. The van der Waals surface area contributed by atoms with Crippen LogP contribution < -0.4 is 15.6 Å². The number of ketones is 1. The van der Waals surface area contributed by atoms with Crippen LogP contribution in [0.2, 0.25) is 0 Å². The van der Waals surface area contributed by atoms with E-state index in [1.165, 1.54) is 18.7 Å². The molecule has 150 valence electrons. The Hall–Kier alpha value is -3.26. The zero-order valence-electron chi connectivity index (χ0n) is 16.1. The first-order valence-corrected chi connectivity index (χ1v) is 10.1. The van der Waals surface area contributed by atoms with E-state index in [1.807, 2.05) is 24.3 Å². The molecule has 8 heteroatoms. The first-order chi connectivity index (χ1) is 14.0. The van der Waals surface area contributed by atoms with Crippen LogP contribution in [0.15, 0.2) is 48.7 Å². The van der Waals surface area contributed by atoms with Crippen molar-refractivity contribution in [2.75, 3.05) is 12.9 Å². The predicted molar refractivity (Wildman–Crippen MR) is 113 cm³/mol. The van der Waals surface area contributed by atoms with Crippen LogP contribution in [0, 0.1) is 0 Å². The Morgan fingerprint density at radius 3 is 2.66 bits per heavy atom. The number of hydrazine groups is 1. The van der Waals surface area contributed by atoms with Gasteiger partial charge in [0.05, 0.1) is 18.4 Å². The molecule has 1 aromatic heterocycles. The smallest absolute Gasteiger partial charge is 0.271 e.